The van der Waals surface area contributed by atoms with Crippen LogP contribution in [0.25, 0.3) is 0 Å². The monoisotopic (exact) mass is 363 g/mol. The molecule has 25 heavy (non-hydrogen) atoms. The van der Waals surface area contributed by atoms with Gasteiger partial charge in [-0.1, -0.05) is 23.8 Å². The Morgan fingerprint density at radius 3 is 2.24 bits per heavy atom. The molecule has 0 unspecified atom stereocenters. The first-order valence-electron chi connectivity index (χ1n) is 8.10. The molecule has 2 rings (SSSR count). The van der Waals surface area contributed by atoms with Crippen molar-refractivity contribution in [1.29, 1.82) is 0 Å². The molecule has 0 aliphatic rings. The summed E-state index contributed by atoms with van der Waals surface area (Å²) in [5, 5.41) is 0. The summed E-state index contributed by atoms with van der Waals surface area (Å²) in [7, 11) is -2.02. The second-order valence-electron chi connectivity index (χ2n) is 6.24. The molecule has 1 atom stereocenters. The second kappa shape index (κ2) is 7.89. The molecule has 5 nitrogen and oxygen atoms in total. The minimum Gasteiger partial charge on any atom is -0.497 e. The van der Waals surface area contributed by atoms with E-state index in [9.17, 15) is 8.42 Å². The molecule has 0 spiro atoms. The third kappa shape index (κ3) is 4.96. The lowest BCUT2D eigenvalue weighted by atomic mass is 10.1. The van der Waals surface area contributed by atoms with Crippen molar-refractivity contribution in [2.24, 2.45) is 0 Å². The lowest BCUT2D eigenvalue weighted by molar-refractivity contribution is 0.285. The summed E-state index contributed by atoms with van der Waals surface area (Å²) in [5.41, 5.74) is 2.53. The Hall–Kier alpha value is -2.05. The first-order chi connectivity index (χ1) is 11.7. The fourth-order valence-corrected chi connectivity index (χ4v) is 4.54. The van der Waals surface area contributed by atoms with Gasteiger partial charge in [0.2, 0.25) is 10.0 Å². The number of hydrogen-bond donors (Lipinski definition) is 1. The van der Waals surface area contributed by atoms with E-state index in [1.807, 2.05) is 45.0 Å². The second-order valence-corrected chi connectivity index (χ2v) is 7.89. The van der Waals surface area contributed by atoms with Crippen LogP contribution in [-0.4, -0.2) is 28.2 Å². The van der Waals surface area contributed by atoms with Crippen LogP contribution in [-0.2, 0) is 10.0 Å². The van der Waals surface area contributed by atoms with Crippen LogP contribution in [0, 0.1) is 20.8 Å². The van der Waals surface area contributed by atoms with Gasteiger partial charge >= 0.3 is 0 Å². The summed E-state index contributed by atoms with van der Waals surface area (Å²) < 4.78 is 38.9. The van der Waals surface area contributed by atoms with Crippen LogP contribution in [0.15, 0.2) is 41.3 Å². The first-order valence-corrected chi connectivity index (χ1v) is 9.58. The number of rotatable bonds is 7. The standard InChI is InChI=1S/C19H25NO4S/c1-13-9-14(2)19(15(3)10-13)25(21,22)20-16(4)12-24-18-8-6-7-17(11-18)23-5/h6-11,16,20H,12H2,1-5H3/t16-/m0/s1. The highest BCUT2D eigenvalue weighted by Gasteiger charge is 2.22. The SMILES string of the molecule is COc1cccc(OC[C@H](C)NS(=O)(=O)c2c(C)cc(C)cc2C)c1. The van der Waals surface area contributed by atoms with Gasteiger partial charge in [-0.3, -0.25) is 0 Å². The van der Waals surface area contributed by atoms with Crippen molar-refractivity contribution in [3.8, 4) is 11.5 Å². The van der Waals surface area contributed by atoms with Crippen LogP contribution in [0.5, 0.6) is 11.5 Å². The Morgan fingerprint density at radius 2 is 1.64 bits per heavy atom. The predicted molar refractivity (Wildman–Crippen MR) is 98.9 cm³/mol. The van der Waals surface area contributed by atoms with Crippen molar-refractivity contribution in [2.45, 2.75) is 38.6 Å². The van der Waals surface area contributed by atoms with E-state index in [1.165, 1.54) is 0 Å². The third-order valence-corrected chi connectivity index (χ3v) is 5.67. The number of sulfonamides is 1. The van der Waals surface area contributed by atoms with Crippen molar-refractivity contribution in [2.75, 3.05) is 13.7 Å². The Bertz CT molecular complexity index is 823. The molecule has 0 heterocycles. The highest BCUT2D eigenvalue weighted by Crippen LogP contribution is 2.22. The molecule has 0 radical (unpaired) electrons. The summed E-state index contributed by atoms with van der Waals surface area (Å²) in [6.07, 6.45) is 0. The van der Waals surface area contributed by atoms with Gasteiger partial charge in [0.25, 0.3) is 0 Å². The zero-order chi connectivity index (χ0) is 18.6. The number of aryl methyl sites for hydroxylation is 3. The summed E-state index contributed by atoms with van der Waals surface area (Å²) in [6, 6.07) is 10.6. The maximum atomic E-state index is 12.7. The quantitative estimate of drug-likeness (QED) is 0.819. The summed E-state index contributed by atoms with van der Waals surface area (Å²) in [6.45, 7) is 7.57. The van der Waals surface area contributed by atoms with E-state index in [0.717, 1.165) is 16.7 Å². The molecule has 0 saturated carbocycles. The molecule has 2 aromatic carbocycles. The molecular weight excluding hydrogens is 338 g/mol. The Morgan fingerprint density at radius 1 is 1.04 bits per heavy atom. The van der Waals surface area contributed by atoms with Gasteiger partial charge in [-0.2, -0.15) is 0 Å². The van der Waals surface area contributed by atoms with Gasteiger partial charge in [-0.25, -0.2) is 13.1 Å². The Kier molecular flexibility index (Phi) is 6.08. The Labute approximate surface area is 150 Å². The van der Waals surface area contributed by atoms with E-state index in [1.54, 1.807) is 26.2 Å². The lowest BCUT2D eigenvalue weighted by Crippen LogP contribution is -2.37. The van der Waals surface area contributed by atoms with Crippen LogP contribution in [0.2, 0.25) is 0 Å². The van der Waals surface area contributed by atoms with Gasteiger partial charge in [0.05, 0.1) is 18.0 Å². The minimum absolute atomic E-state index is 0.219. The first kappa shape index (κ1) is 19.3. The summed E-state index contributed by atoms with van der Waals surface area (Å²) in [5.74, 6) is 1.32. The van der Waals surface area contributed by atoms with Gasteiger partial charge in [0.15, 0.2) is 0 Å². The van der Waals surface area contributed by atoms with Crippen LogP contribution in [0.1, 0.15) is 23.6 Å². The van der Waals surface area contributed by atoms with Gasteiger partial charge in [-0.05, 0) is 51.0 Å². The van der Waals surface area contributed by atoms with Crippen molar-refractivity contribution in [3.63, 3.8) is 0 Å². The van der Waals surface area contributed by atoms with Gasteiger partial charge in [0.1, 0.15) is 18.1 Å². The molecule has 6 heteroatoms. The molecule has 0 amide bonds. The molecule has 0 aliphatic heterocycles. The third-order valence-electron chi connectivity index (χ3n) is 3.77. The van der Waals surface area contributed by atoms with E-state index < -0.39 is 10.0 Å². The number of benzene rings is 2. The average molecular weight is 363 g/mol. The fraction of sp³-hybridized carbons (Fsp3) is 0.368. The number of methoxy groups -OCH3 is 1. The van der Waals surface area contributed by atoms with Crippen LogP contribution in [0.4, 0.5) is 0 Å². The van der Waals surface area contributed by atoms with Crippen molar-refractivity contribution in [3.05, 3.63) is 53.1 Å². The lowest BCUT2D eigenvalue weighted by Gasteiger charge is -2.18. The van der Waals surface area contributed by atoms with E-state index in [2.05, 4.69) is 4.72 Å². The molecule has 0 aliphatic carbocycles. The average Bonchev–Trinajstić information content (AvgIpc) is 2.51. The molecule has 0 saturated heterocycles. The normalized spacial score (nSPS) is 12.7. The maximum absolute atomic E-state index is 12.7. The van der Waals surface area contributed by atoms with Crippen LogP contribution >= 0.6 is 0 Å². The molecule has 1 N–H and O–H groups in total. The summed E-state index contributed by atoms with van der Waals surface area (Å²) in [4.78, 5) is 0.339. The minimum atomic E-state index is -3.61. The van der Waals surface area contributed by atoms with Crippen LogP contribution < -0.4 is 14.2 Å². The molecule has 2 aromatic rings. The highest BCUT2D eigenvalue weighted by atomic mass is 32.2. The molecule has 136 valence electrons. The van der Waals surface area contributed by atoms with Crippen molar-refractivity contribution >= 4 is 10.0 Å². The smallest absolute Gasteiger partial charge is 0.241 e. The highest BCUT2D eigenvalue weighted by molar-refractivity contribution is 7.89. The molecular formula is C19H25NO4S. The van der Waals surface area contributed by atoms with Crippen molar-refractivity contribution in [1.82, 2.24) is 4.72 Å². The van der Waals surface area contributed by atoms with E-state index in [-0.39, 0.29) is 12.6 Å². The number of ether oxygens (including phenoxy) is 2. The van der Waals surface area contributed by atoms with Crippen molar-refractivity contribution < 1.29 is 17.9 Å². The molecule has 0 fully saturated rings. The molecule has 0 bridgehead atoms. The fourth-order valence-electron chi connectivity index (χ4n) is 2.86. The van der Waals surface area contributed by atoms with E-state index in [4.69, 9.17) is 9.47 Å². The van der Waals surface area contributed by atoms with Gasteiger partial charge in [-0.15, -0.1) is 0 Å². The Balaban J connectivity index is 2.07. The zero-order valence-corrected chi connectivity index (χ0v) is 16.1. The predicted octanol–water partition coefficient (Wildman–Crippen LogP) is 3.37. The molecule has 0 aromatic heterocycles. The maximum Gasteiger partial charge on any atom is 0.241 e. The van der Waals surface area contributed by atoms with Gasteiger partial charge < -0.3 is 9.47 Å². The number of nitrogens with one attached hydrogen (secondary N) is 1. The van der Waals surface area contributed by atoms with E-state index in [0.29, 0.717) is 16.4 Å². The zero-order valence-electron chi connectivity index (χ0n) is 15.3. The van der Waals surface area contributed by atoms with Gasteiger partial charge in [0, 0.05) is 6.07 Å². The number of hydrogen-bond acceptors (Lipinski definition) is 4. The largest absolute Gasteiger partial charge is 0.497 e. The van der Waals surface area contributed by atoms with E-state index >= 15 is 0 Å². The van der Waals surface area contributed by atoms with Crippen LogP contribution in [0.3, 0.4) is 0 Å². The summed E-state index contributed by atoms with van der Waals surface area (Å²) >= 11 is 0. The topological polar surface area (TPSA) is 64.6 Å².